The van der Waals surface area contributed by atoms with Gasteiger partial charge in [-0.25, -0.2) is 24.7 Å². The van der Waals surface area contributed by atoms with E-state index in [9.17, 15) is 13.2 Å². The molecule has 0 unspecified atom stereocenters. The summed E-state index contributed by atoms with van der Waals surface area (Å²) in [6.07, 6.45) is 2.89. The van der Waals surface area contributed by atoms with Crippen molar-refractivity contribution in [3.63, 3.8) is 0 Å². The normalized spacial score (nSPS) is 16.1. The second kappa shape index (κ2) is 19.3. The Kier molecular flexibility index (Phi) is 13.1. The molecule has 17 heteroatoms. The molecule has 7 aromatic rings. The van der Waals surface area contributed by atoms with Gasteiger partial charge in [0.2, 0.25) is 12.0 Å². The molecule has 5 heterocycles. The molecule has 0 N–H and O–H groups in total. The van der Waals surface area contributed by atoms with Crippen molar-refractivity contribution in [3.8, 4) is 51.4 Å². The predicted octanol–water partition coefficient (Wildman–Crippen LogP) is 9.65. The number of halogens is 1. The van der Waals surface area contributed by atoms with Crippen molar-refractivity contribution in [1.29, 1.82) is 0 Å². The molecule has 1 fully saturated rings. The van der Waals surface area contributed by atoms with Gasteiger partial charge in [0.15, 0.2) is 11.9 Å². The van der Waals surface area contributed by atoms with Crippen LogP contribution in [0.1, 0.15) is 52.9 Å². The Balaban J connectivity index is 1.12. The summed E-state index contributed by atoms with van der Waals surface area (Å²) in [4.78, 5) is 34.3. The summed E-state index contributed by atoms with van der Waals surface area (Å²) in [5.41, 5.74) is 5.12. The molecule has 0 spiro atoms. The van der Waals surface area contributed by atoms with Crippen LogP contribution in [0.15, 0.2) is 102 Å². The molecule has 4 aromatic carbocycles. The van der Waals surface area contributed by atoms with Crippen molar-refractivity contribution in [2.45, 2.75) is 69.7 Å². The van der Waals surface area contributed by atoms with Gasteiger partial charge in [-0.1, -0.05) is 47.5 Å². The van der Waals surface area contributed by atoms with Gasteiger partial charge in [0.1, 0.15) is 54.0 Å². The van der Waals surface area contributed by atoms with E-state index in [1.807, 2.05) is 44.2 Å². The molecular formula is C49H45ClN4O10S2. The van der Waals surface area contributed by atoms with Gasteiger partial charge in [-0.3, -0.25) is 4.18 Å². The number of carbonyl (C=O) groups excluding carboxylic acids is 1. The number of thiophene rings is 1. The Morgan fingerprint density at radius 1 is 0.924 bits per heavy atom. The van der Waals surface area contributed by atoms with Crippen molar-refractivity contribution in [2.75, 3.05) is 26.9 Å². The zero-order valence-electron chi connectivity index (χ0n) is 36.5. The van der Waals surface area contributed by atoms with E-state index in [4.69, 9.17) is 49.2 Å². The highest BCUT2D eigenvalue weighted by molar-refractivity contribution is 7.86. The van der Waals surface area contributed by atoms with Gasteiger partial charge in [-0.05, 0) is 105 Å². The number of nitrogens with zero attached hydrogens (tertiary/aromatic N) is 4. The van der Waals surface area contributed by atoms with Gasteiger partial charge in [0.25, 0.3) is 10.1 Å². The maximum absolute atomic E-state index is 14.0. The summed E-state index contributed by atoms with van der Waals surface area (Å²) in [6.45, 7) is 5.06. The molecule has 0 saturated heterocycles. The Morgan fingerprint density at radius 3 is 2.53 bits per heavy atom. The molecule has 3 aliphatic rings. The van der Waals surface area contributed by atoms with Gasteiger partial charge in [0.05, 0.1) is 40.3 Å². The summed E-state index contributed by atoms with van der Waals surface area (Å²) in [5, 5.41) is 0.960. The zero-order chi connectivity index (χ0) is 46.0. The van der Waals surface area contributed by atoms with Crippen LogP contribution in [-0.4, -0.2) is 73.5 Å². The van der Waals surface area contributed by atoms with E-state index in [0.717, 1.165) is 40.0 Å². The molecule has 340 valence electrons. The van der Waals surface area contributed by atoms with E-state index >= 15 is 0 Å². The number of fused-ring (bicyclic) bond motifs is 7. The van der Waals surface area contributed by atoms with E-state index < -0.39 is 34.9 Å². The van der Waals surface area contributed by atoms with Crippen LogP contribution in [0, 0.1) is 13.8 Å². The average Bonchev–Trinajstić information content (AvgIpc) is 4.10. The first-order valence-electron chi connectivity index (χ1n) is 21.4. The predicted molar refractivity (Wildman–Crippen MR) is 248 cm³/mol. The maximum atomic E-state index is 14.0. The molecular weight excluding hydrogens is 904 g/mol. The lowest BCUT2D eigenvalue weighted by Crippen LogP contribution is -2.32. The third kappa shape index (κ3) is 9.63. The van der Waals surface area contributed by atoms with E-state index in [0.29, 0.717) is 66.8 Å². The molecule has 10 rings (SSSR count). The first-order chi connectivity index (χ1) is 32.0. The van der Waals surface area contributed by atoms with Crippen molar-refractivity contribution in [1.82, 2.24) is 19.9 Å². The highest BCUT2D eigenvalue weighted by Crippen LogP contribution is 2.54. The minimum Gasteiger partial charge on any atom is -0.496 e. The van der Waals surface area contributed by atoms with Crippen molar-refractivity contribution >= 4 is 49.2 Å². The fourth-order valence-electron chi connectivity index (χ4n) is 7.64. The molecule has 2 atom stereocenters. The van der Waals surface area contributed by atoms with Crippen LogP contribution in [0.25, 0.3) is 32.7 Å². The fourth-order valence-corrected chi connectivity index (χ4v) is 10.1. The van der Waals surface area contributed by atoms with Crippen molar-refractivity contribution in [2.24, 2.45) is 0 Å². The van der Waals surface area contributed by atoms with Crippen LogP contribution < -0.4 is 23.7 Å². The lowest BCUT2D eigenvalue weighted by atomic mass is 9.97. The SMILES string of the molecule is CCOC(=O)[C@H]1Cc2cc(ccc2OCc2ccnc(-c3ccccc3OC)n2)OC[C@H](COS(=O)(=O)c2ccc(C)cc2)Oc2ccc(c(C)c2Cl)-c2c(C3CC3)sc3ncnc(c23)O1. The molecule has 14 nitrogen and oxygen atoms in total. The molecule has 4 bridgehead atoms. The van der Waals surface area contributed by atoms with Crippen LogP contribution in [0.3, 0.4) is 0 Å². The molecule has 2 aliphatic heterocycles. The molecule has 1 aliphatic carbocycles. The van der Waals surface area contributed by atoms with E-state index in [1.54, 1.807) is 74.0 Å². The molecule has 0 amide bonds. The monoisotopic (exact) mass is 948 g/mol. The third-order valence-corrected chi connectivity index (χ3v) is 14.2. The first-order valence-corrected chi connectivity index (χ1v) is 24.0. The topological polar surface area (TPSA) is 167 Å². The molecule has 1 saturated carbocycles. The van der Waals surface area contributed by atoms with Gasteiger partial charge in [0, 0.05) is 28.6 Å². The number of carbonyl (C=O) groups is 1. The number of aryl methyl sites for hydroxylation is 1. The van der Waals surface area contributed by atoms with E-state index in [2.05, 4.69) is 15.0 Å². The zero-order valence-corrected chi connectivity index (χ0v) is 38.9. The van der Waals surface area contributed by atoms with Crippen molar-refractivity contribution < 1.29 is 45.8 Å². The fraction of sp³-hybridized carbons (Fsp3) is 0.286. The quantitative estimate of drug-likeness (QED) is 0.0839. The Labute approximate surface area is 390 Å². The average molecular weight is 950 g/mol. The van der Waals surface area contributed by atoms with Crippen LogP contribution in [0.4, 0.5) is 0 Å². The van der Waals surface area contributed by atoms with Gasteiger partial charge in [-0.2, -0.15) is 8.42 Å². The van der Waals surface area contributed by atoms with Crippen molar-refractivity contribution in [3.05, 3.63) is 130 Å². The minimum absolute atomic E-state index is 0.00547. The number of methoxy groups -OCH3 is 1. The summed E-state index contributed by atoms with van der Waals surface area (Å²) < 4.78 is 69.6. The number of aromatic nitrogens is 4. The van der Waals surface area contributed by atoms with Gasteiger partial charge in [-0.15, -0.1) is 11.3 Å². The third-order valence-electron chi connectivity index (χ3n) is 11.2. The largest absolute Gasteiger partial charge is 0.496 e. The lowest BCUT2D eigenvalue weighted by molar-refractivity contribution is -0.151. The Bertz CT molecular complexity index is 3040. The van der Waals surface area contributed by atoms with Gasteiger partial charge < -0.3 is 28.4 Å². The number of para-hydroxylation sites is 1. The minimum atomic E-state index is -4.18. The number of rotatable bonds is 12. The molecule has 3 aromatic heterocycles. The number of benzene rings is 4. The number of ether oxygens (including phenoxy) is 6. The highest BCUT2D eigenvalue weighted by atomic mass is 35.5. The number of hydrogen-bond acceptors (Lipinski definition) is 15. The van der Waals surface area contributed by atoms with Crippen LogP contribution in [0.5, 0.6) is 28.9 Å². The maximum Gasteiger partial charge on any atom is 0.347 e. The highest BCUT2D eigenvalue weighted by Gasteiger charge is 2.34. The van der Waals surface area contributed by atoms with Crippen LogP contribution in [-0.2, 0) is 36.9 Å². The smallest absolute Gasteiger partial charge is 0.347 e. The molecule has 0 radical (unpaired) electrons. The van der Waals surface area contributed by atoms with Gasteiger partial charge >= 0.3 is 5.97 Å². The first kappa shape index (κ1) is 44.9. The second-order valence-corrected chi connectivity index (χ2v) is 18.8. The van der Waals surface area contributed by atoms with E-state index in [1.165, 1.54) is 18.5 Å². The summed E-state index contributed by atoms with van der Waals surface area (Å²) in [5.74, 6) is 2.06. The van der Waals surface area contributed by atoms with E-state index in [-0.39, 0.29) is 37.0 Å². The van der Waals surface area contributed by atoms with Crippen LogP contribution in [0.2, 0.25) is 5.02 Å². The van der Waals surface area contributed by atoms with Crippen LogP contribution >= 0.6 is 22.9 Å². The summed E-state index contributed by atoms with van der Waals surface area (Å²) in [6, 6.07) is 24.4. The Hall–Kier alpha value is -6.33. The second-order valence-electron chi connectivity index (χ2n) is 15.8. The Morgan fingerprint density at radius 2 is 1.74 bits per heavy atom. The number of hydrogen-bond donors (Lipinski definition) is 0. The standard InChI is InChI=1S/C49H45ClN4O10S2/c1-5-59-49(55)41-23-31-22-33(14-18-38(31)61-24-32-20-21-51-46(54-32)37-8-6-7-9-39(37)58-4)60-25-34(26-62-66(56,57)35-15-10-28(2)11-16-35)63-40-19-17-36(29(3)44(40)50)42-43-47(64-41)52-27-53-48(43)65-45(42)30-12-13-30/h6-11,14-22,27,30,34,41H,5,12-13,23-26H2,1-4H3/t34-,41-/m1/s1. The summed E-state index contributed by atoms with van der Waals surface area (Å²) >= 11 is 8.72. The molecule has 66 heavy (non-hydrogen) atoms. The summed E-state index contributed by atoms with van der Waals surface area (Å²) in [7, 11) is -2.59. The number of esters is 1. The lowest BCUT2D eigenvalue weighted by Gasteiger charge is -2.22.